The molecule has 4 heteroatoms. The van der Waals surface area contributed by atoms with Crippen molar-refractivity contribution in [3.05, 3.63) is 70.8 Å². The van der Waals surface area contributed by atoms with Crippen LogP contribution >= 0.6 is 0 Å². The summed E-state index contributed by atoms with van der Waals surface area (Å²) in [5.41, 5.74) is 2.96. The number of imide groups is 1. The molecule has 1 aliphatic heterocycles. The van der Waals surface area contributed by atoms with Crippen molar-refractivity contribution in [2.24, 2.45) is 0 Å². The van der Waals surface area contributed by atoms with Gasteiger partial charge in [0.2, 0.25) is 0 Å². The topological polar surface area (TPSA) is 49.4 Å². The first kappa shape index (κ1) is 14.0. The second kappa shape index (κ2) is 4.95. The number of rotatable bonds is 1. The molecule has 23 heavy (non-hydrogen) atoms. The zero-order valence-electron chi connectivity index (χ0n) is 13.0. The summed E-state index contributed by atoms with van der Waals surface area (Å²) in [7, 11) is 0. The number of aryl methyl sites for hydroxylation is 2. The van der Waals surface area contributed by atoms with Crippen LogP contribution in [0.3, 0.4) is 0 Å². The molecular weight excluding hydrogens is 288 g/mol. The molecular formula is C19H18N2O2. The van der Waals surface area contributed by atoms with Gasteiger partial charge in [-0.05, 0) is 42.0 Å². The largest absolute Gasteiger partial charge is 0.325 e. The van der Waals surface area contributed by atoms with Crippen molar-refractivity contribution < 1.29 is 9.59 Å². The van der Waals surface area contributed by atoms with Gasteiger partial charge in [-0.2, -0.15) is 0 Å². The van der Waals surface area contributed by atoms with E-state index in [1.807, 2.05) is 43.3 Å². The standard InChI is InChI=1S/C19H18N2O2/c1-2-21-17(22)19(20-18(21)23)15-9-5-3-7-13(15)11-12-14-8-4-6-10-16(14)19/h3-10H,2,11-12H2,1H3,(H,20,23). The van der Waals surface area contributed by atoms with E-state index in [-0.39, 0.29) is 11.9 Å². The number of nitrogens with one attached hydrogen (secondary N) is 1. The molecule has 0 bridgehead atoms. The Morgan fingerprint density at radius 2 is 1.48 bits per heavy atom. The van der Waals surface area contributed by atoms with Crippen LogP contribution in [0.25, 0.3) is 0 Å². The SMILES string of the molecule is CCN1C(=O)NC2(C1=O)c1ccccc1CCc1ccccc12. The molecule has 0 saturated carbocycles. The highest BCUT2D eigenvalue weighted by Gasteiger charge is 2.55. The van der Waals surface area contributed by atoms with Crippen molar-refractivity contribution in [2.45, 2.75) is 25.3 Å². The Morgan fingerprint density at radius 1 is 0.957 bits per heavy atom. The Hall–Kier alpha value is -2.62. The lowest BCUT2D eigenvalue weighted by molar-refractivity contribution is -0.130. The smallest absolute Gasteiger partial charge is 0.315 e. The van der Waals surface area contributed by atoms with Crippen LogP contribution in [-0.2, 0) is 23.2 Å². The molecule has 1 spiro atoms. The number of fused-ring (bicyclic) bond motifs is 4. The number of nitrogens with zero attached hydrogens (tertiary/aromatic N) is 1. The second-order valence-electron chi connectivity index (χ2n) is 6.04. The number of carbonyl (C=O) groups excluding carboxylic acids is 2. The highest BCUT2D eigenvalue weighted by molar-refractivity contribution is 6.10. The minimum absolute atomic E-state index is 0.174. The van der Waals surface area contributed by atoms with E-state index in [4.69, 9.17) is 0 Å². The van der Waals surface area contributed by atoms with Gasteiger partial charge in [-0.1, -0.05) is 48.5 Å². The van der Waals surface area contributed by atoms with Crippen molar-refractivity contribution in [3.63, 3.8) is 0 Å². The highest BCUT2D eigenvalue weighted by atomic mass is 16.2. The van der Waals surface area contributed by atoms with Gasteiger partial charge in [0.15, 0.2) is 5.54 Å². The molecule has 1 aliphatic carbocycles. The Morgan fingerprint density at radius 3 is 1.96 bits per heavy atom. The summed E-state index contributed by atoms with van der Waals surface area (Å²) in [6, 6.07) is 15.6. The first-order valence-corrected chi connectivity index (χ1v) is 7.99. The van der Waals surface area contributed by atoms with Gasteiger partial charge >= 0.3 is 6.03 Å². The third kappa shape index (κ3) is 1.78. The zero-order valence-corrected chi connectivity index (χ0v) is 13.0. The molecule has 0 aromatic heterocycles. The summed E-state index contributed by atoms with van der Waals surface area (Å²) in [6.07, 6.45) is 1.73. The molecule has 0 radical (unpaired) electrons. The van der Waals surface area contributed by atoms with Gasteiger partial charge in [-0.15, -0.1) is 0 Å². The summed E-state index contributed by atoms with van der Waals surface area (Å²) >= 11 is 0. The van der Waals surface area contributed by atoms with Crippen LogP contribution < -0.4 is 5.32 Å². The molecule has 1 fully saturated rings. The fourth-order valence-electron chi connectivity index (χ4n) is 3.85. The molecule has 2 aromatic rings. The van der Waals surface area contributed by atoms with Crippen LogP contribution in [0.1, 0.15) is 29.2 Å². The van der Waals surface area contributed by atoms with Gasteiger partial charge in [0.05, 0.1) is 0 Å². The van der Waals surface area contributed by atoms with E-state index in [1.54, 1.807) is 0 Å². The van der Waals surface area contributed by atoms with E-state index in [0.29, 0.717) is 6.54 Å². The number of amides is 3. The third-order valence-electron chi connectivity index (χ3n) is 4.93. The summed E-state index contributed by atoms with van der Waals surface area (Å²) in [6.45, 7) is 2.20. The minimum Gasteiger partial charge on any atom is -0.315 e. The maximum absolute atomic E-state index is 13.2. The van der Waals surface area contributed by atoms with Crippen LogP contribution in [0.15, 0.2) is 48.5 Å². The predicted molar refractivity (Wildman–Crippen MR) is 87.0 cm³/mol. The molecule has 0 atom stereocenters. The minimum atomic E-state index is -1.09. The van der Waals surface area contributed by atoms with E-state index in [9.17, 15) is 9.59 Å². The molecule has 2 aromatic carbocycles. The average Bonchev–Trinajstić information content (AvgIpc) is 2.75. The van der Waals surface area contributed by atoms with Crippen molar-refractivity contribution in [1.29, 1.82) is 0 Å². The molecule has 2 aliphatic rings. The molecule has 4 nitrogen and oxygen atoms in total. The first-order valence-electron chi connectivity index (χ1n) is 7.99. The lowest BCUT2D eigenvalue weighted by Crippen LogP contribution is -2.45. The lowest BCUT2D eigenvalue weighted by atomic mass is 9.80. The van der Waals surface area contributed by atoms with E-state index in [2.05, 4.69) is 17.4 Å². The van der Waals surface area contributed by atoms with Crippen LogP contribution in [-0.4, -0.2) is 23.4 Å². The first-order chi connectivity index (χ1) is 11.2. The number of hydrogen-bond acceptors (Lipinski definition) is 2. The molecule has 0 unspecified atom stereocenters. The Labute approximate surface area is 135 Å². The lowest BCUT2D eigenvalue weighted by Gasteiger charge is -2.29. The fourth-order valence-corrected chi connectivity index (χ4v) is 3.85. The number of likely N-dealkylation sites (N-methyl/N-ethyl adjacent to an activating group) is 1. The van der Waals surface area contributed by atoms with Crippen LogP contribution in [0, 0.1) is 0 Å². The van der Waals surface area contributed by atoms with E-state index in [1.165, 1.54) is 4.90 Å². The molecule has 116 valence electrons. The van der Waals surface area contributed by atoms with E-state index in [0.717, 1.165) is 35.1 Å². The average molecular weight is 306 g/mol. The molecule has 1 N–H and O–H groups in total. The number of urea groups is 1. The summed E-state index contributed by atoms with van der Waals surface area (Å²) in [5.74, 6) is -0.174. The third-order valence-corrected chi connectivity index (χ3v) is 4.93. The van der Waals surface area contributed by atoms with Gasteiger partial charge in [-0.25, -0.2) is 4.79 Å². The van der Waals surface area contributed by atoms with Gasteiger partial charge in [0, 0.05) is 6.54 Å². The predicted octanol–water partition coefficient (Wildman–Crippen LogP) is 2.60. The molecule has 1 heterocycles. The maximum atomic E-state index is 13.2. The summed E-state index contributed by atoms with van der Waals surface area (Å²) in [4.78, 5) is 27.0. The van der Waals surface area contributed by atoms with Crippen molar-refractivity contribution >= 4 is 11.9 Å². The van der Waals surface area contributed by atoms with Crippen LogP contribution in [0.5, 0.6) is 0 Å². The maximum Gasteiger partial charge on any atom is 0.325 e. The monoisotopic (exact) mass is 306 g/mol. The van der Waals surface area contributed by atoms with Crippen LogP contribution in [0.4, 0.5) is 4.79 Å². The number of carbonyl (C=O) groups is 2. The van der Waals surface area contributed by atoms with Crippen molar-refractivity contribution in [1.82, 2.24) is 10.2 Å². The highest BCUT2D eigenvalue weighted by Crippen LogP contribution is 2.41. The molecule has 4 rings (SSSR count). The Bertz CT molecular complexity index is 765. The Balaban J connectivity index is 2.06. The summed E-state index contributed by atoms with van der Waals surface area (Å²) < 4.78 is 0. The fraction of sp³-hybridized carbons (Fsp3) is 0.263. The summed E-state index contributed by atoms with van der Waals surface area (Å²) in [5, 5.41) is 3.01. The van der Waals surface area contributed by atoms with E-state index < -0.39 is 5.54 Å². The second-order valence-corrected chi connectivity index (χ2v) is 6.04. The zero-order chi connectivity index (χ0) is 16.0. The molecule has 3 amide bonds. The van der Waals surface area contributed by atoms with Gasteiger partial charge in [0.1, 0.15) is 0 Å². The molecule has 1 saturated heterocycles. The number of hydrogen-bond donors (Lipinski definition) is 1. The number of benzene rings is 2. The quantitative estimate of drug-likeness (QED) is 0.823. The normalized spacial score (nSPS) is 18.4. The van der Waals surface area contributed by atoms with Crippen molar-refractivity contribution in [3.8, 4) is 0 Å². The Kier molecular flexibility index (Phi) is 3.01. The van der Waals surface area contributed by atoms with Gasteiger partial charge in [0.25, 0.3) is 5.91 Å². The van der Waals surface area contributed by atoms with Crippen molar-refractivity contribution in [2.75, 3.05) is 6.54 Å². The van der Waals surface area contributed by atoms with Gasteiger partial charge < -0.3 is 5.32 Å². The van der Waals surface area contributed by atoms with E-state index >= 15 is 0 Å². The van der Waals surface area contributed by atoms with Gasteiger partial charge in [-0.3, -0.25) is 9.69 Å². The van der Waals surface area contributed by atoms with Crippen LogP contribution in [0.2, 0.25) is 0 Å².